The standard InChI is InChI=1S/C49H58N8O8S/c1-47(59)14-11-32(12-15-47)28-51-45-42(57(60)61)25-38(30-53-45)66(62,63)54-46(58)40-10-9-35(24-43(40)65-37-23-34-13-18-50-44(34)52-29-37)55-19-16-49(17-20-55)26-36(27-49)56-21-22-64-31-48(56,2)41-6-4-3-5-39(41)33-7-8-33/h3-6,9-10,13,18,23-25,29-30,32-33,36,59H,7-8,11-12,14-17,19-22,26-28,31H2,1-2H3,(H,50,52)(H,51,53)(H,54,58)/t32?,47?,48-/m1/s1. The Bertz CT molecular complexity index is 2750. The van der Waals surface area contributed by atoms with Crippen molar-refractivity contribution in [1.82, 2.24) is 24.6 Å². The third-order valence-electron chi connectivity index (χ3n) is 15.1. The monoisotopic (exact) mass is 918 g/mol. The Morgan fingerprint density at radius 2 is 1.76 bits per heavy atom. The molecule has 0 unspecified atom stereocenters. The van der Waals surface area contributed by atoms with Crippen molar-refractivity contribution in [3.8, 4) is 11.5 Å². The van der Waals surface area contributed by atoms with E-state index >= 15 is 0 Å². The Labute approximate surface area is 384 Å². The van der Waals surface area contributed by atoms with Gasteiger partial charge < -0.3 is 29.8 Å². The number of ether oxygens (including phenoxy) is 2. The number of benzene rings is 2. The lowest BCUT2D eigenvalue weighted by molar-refractivity contribution is -0.384. The highest BCUT2D eigenvalue weighted by molar-refractivity contribution is 7.90. The lowest BCUT2D eigenvalue weighted by Gasteiger charge is -2.60. The molecular formula is C49H58N8O8S. The molecule has 1 spiro atoms. The van der Waals surface area contributed by atoms with Gasteiger partial charge in [0.05, 0.1) is 47.2 Å². The first-order valence-corrected chi connectivity index (χ1v) is 24.8. The highest BCUT2D eigenvalue weighted by Gasteiger charge is 2.53. The topological polar surface area (TPSA) is 205 Å². The number of amides is 1. The quantitative estimate of drug-likeness (QED) is 0.0654. The number of hydrogen-bond acceptors (Lipinski definition) is 13. The van der Waals surface area contributed by atoms with Crippen molar-refractivity contribution >= 4 is 44.2 Å². The molecule has 5 heterocycles. The lowest BCUT2D eigenvalue weighted by atomic mass is 9.59. The number of aliphatic hydroxyl groups is 1. The summed E-state index contributed by atoms with van der Waals surface area (Å²) in [6, 6.07) is 19.1. The third kappa shape index (κ3) is 8.85. The summed E-state index contributed by atoms with van der Waals surface area (Å²) in [5.74, 6) is 0.260. The summed E-state index contributed by atoms with van der Waals surface area (Å²) in [7, 11) is -4.63. The molecule has 3 aliphatic carbocycles. The largest absolute Gasteiger partial charge is 0.455 e. The van der Waals surface area contributed by atoms with E-state index in [0.29, 0.717) is 49.3 Å². The molecule has 16 nitrogen and oxygen atoms in total. The minimum atomic E-state index is -4.63. The predicted octanol–water partition coefficient (Wildman–Crippen LogP) is 8.00. The fourth-order valence-corrected chi connectivity index (χ4v) is 12.0. The molecule has 3 aromatic heterocycles. The average molecular weight is 919 g/mol. The maximum Gasteiger partial charge on any atom is 0.312 e. The van der Waals surface area contributed by atoms with Crippen LogP contribution in [0.2, 0.25) is 0 Å². The Hall–Kier alpha value is -5.62. The molecule has 2 aromatic carbocycles. The Morgan fingerprint density at radius 3 is 2.52 bits per heavy atom. The van der Waals surface area contributed by atoms with Crippen molar-refractivity contribution in [3.63, 3.8) is 0 Å². The van der Waals surface area contributed by atoms with Crippen molar-refractivity contribution in [2.45, 2.75) is 106 Å². The molecular weight excluding hydrogens is 861 g/mol. The number of aromatic amines is 1. The smallest absolute Gasteiger partial charge is 0.312 e. The minimum Gasteiger partial charge on any atom is -0.455 e. The van der Waals surface area contributed by atoms with Gasteiger partial charge in [0.2, 0.25) is 5.82 Å². The number of H-pyrrole nitrogens is 1. The number of fused-ring (bicyclic) bond motifs is 1. The SMILES string of the molecule is CC1(O)CCC(CNc2ncc(S(=O)(=O)NC(=O)c3ccc(N4CCC5(CC4)CC(N4CCOC[C@]4(C)c4ccccc4C4CC4)C5)cc3Oc3cnc4[nH]ccc4c3)cc2[N+](=O)[O-])CC1. The number of carbonyl (C=O) groups is 1. The number of piperidine rings is 1. The number of aromatic nitrogens is 3. The molecule has 5 aromatic rings. The normalized spacial score (nSPS) is 24.8. The van der Waals surface area contributed by atoms with Crippen LogP contribution in [0.4, 0.5) is 17.2 Å². The summed E-state index contributed by atoms with van der Waals surface area (Å²) in [5, 5.41) is 26.2. The van der Waals surface area contributed by atoms with Crippen LogP contribution in [0.3, 0.4) is 0 Å². The van der Waals surface area contributed by atoms with E-state index in [1.807, 2.05) is 6.07 Å². The van der Waals surface area contributed by atoms with Crippen LogP contribution in [0.5, 0.6) is 11.5 Å². The first-order chi connectivity index (χ1) is 31.7. The average Bonchev–Trinajstić information content (AvgIpc) is 4.04. The fraction of sp³-hybridized carbons (Fsp3) is 0.490. The van der Waals surface area contributed by atoms with Gasteiger partial charge in [0.1, 0.15) is 22.0 Å². The first-order valence-electron chi connectivity index (χ1n) is 23.3. The predicted molar refractivity (Wildman–Crippen MR) is 249 cm³/mol. The number of nitrogens with one attached hydrogen (secondary N) is 3. The number of anilines is 2. The van der Waals surface area contributed by atoms with Crippen LogP contribution in [-0.4, -0.2) is 95.2 Å². The van der Waals surface area contributed by atoms with Gasteiger partial charge in [0.25, 0.3) is 15.9 Å². The van der Waals surface area contributed by atoms with E-state index in [1.54, 1.807) is 37.4 Å². The molecule has 0 bridgehead atoms. The van der Waals surface area contributed by atoms with Crippen LogP contribution in [0.15, 0.2) is 84.1 Å². The van der Waals surface area contributed by atoms with E-state index < -0.39 is 37.0 Å². The molecule has 5 fully saturated rings. The molecule has 5 aliphatic rings. The number of sulfonamides is 1. The Kier molecular flexibility index (Phi) is 11.5. The Balaban J connectivity index is 0.840. The number of carbonyl (C=O) groups excluding carboxylic acids is 1. The zero-order valence-corrected chi connectivity index (χ0v) is 38.3. The first kappa shape index (κ1) is 44.2. The number of nitro groups is 1. The van der Waals surface area contributed by atoms with Gasteiger partial charge in [-0.05, 0) is 131 Å². The second-order valence-corrected chi connectivity index (χ2v) is 21.5. The molecule has 2 saturated heterocycles. The molecule has 10 rings (SSSR count). The van der Waals surface area contributed by atoms with Gasteiger partial charge in [-0.2, -0.15) is 0 Å². The summed E-state index contributed by atoms with van der Waals surface area (Å²) in [6.07, 6.45) is 13.8. The maximum atomic E-state index is 14.0. The van der Waals surface area contributed by atoms with Gasteiger partial charge in [-0.3, -0.25) is 19.8 Å². The van der Waals surface area contributed by atoms with Crippen LogP contribution in [0.1, 0.15) is 105 Å². The Morgan fingerprint density at radius 1 is 0.985 bits per heavy atom. The summed E-state index contributed by atoms with van der Waals surface area (Å²) in [4.78, 5) is 41.5. The van der Waals surface area contributed by atoms with Crippen molar-refractivity contribution in [1.29, 1.82) is 0 Å². The summed E-state index contributed by atoms with van der Waals surface area (Å²) >= 11 is 0. The van der Waals surface area contributed by atoms with Crippen LogP contribution < -0.4 is 19.7 Å². The van der Waals surface area contributed by atoms with Crippen molar-refractivity contribution in [2.24, 2.45) is 11.3 Å². The lowest BCUT2D eigenvalue weighted by Crippen LogP contribution is -2.63. The van der Waals surface area contributed by atoms with Gasteiger partial charge in [-0.1, -0.05) is 24.3 Å². The maximum absolute atomic E-state index is 14.0. The molecule has 17 heteroatoms. The molecule has 1 amide bonds. The van der Waals surface area contributed by atoms with Gasteiger partial charge in [0.15, 0.2) is 0 Å². The molecule has 348 valence electrons. The van der Waals surface area contributed by atoms with Crippen molar-refractivity contribution in [3.05, 3.63) is 106 Å². The molecule has 0 radical (unpaired) electrons. The number of morpholine rings is 1. The second kappa shape index (κ2) is 17.2. The zero-order chi connectivity index (χ0) is 45.8. The molecule has 66 heavy (non-hydrogen) atoms. The summed E-state index contributed by atoms with van der Waals surface area (Å²) in [6.45, 7) is 8.55. The summed E-state index contributed by atoms with van der Waals surface area (Å²) < 4.78 is 42.1. The molecule has 3 saturated carbocycles. The van der Waals surface area contributed by atoms with E-state index in [9.17, 15) is 28.4 Å². The fourth-order valence-electron chi connectivity index (χ4n) is 11.0. The highest BCUT2D eigenvalue weighted by atomic mass is 32.2. The zero-order valence-electron chi connectivity index (χ0n) is 37.5. The second-order valence-electron chi connectivity index (χ2n) is 19.9. The van der Waals surface area contributed by atoms with Crippen molar-refractivity contribution < 1.29 is 32.7 Å². The van der Waals surface area contributed by atoms with E-state index in [2.05, 4.69) is 66.0 Å². The van der Waals surface area contributed by atoms with Crippen LogP contribution >= 0.6 is 0 Å². The number of rotatable bonds is 13. The van der Waals surface area contributed by atoms with E-state index in [0.717, 1.165) is 88.1 Å². The van der Waals surface area contributed by atoms with E-state index in [1.165, 1.54) is 30.2 Å². The van der Waals surface area contributed by atoms with Crippen LogP contribution in [-0.2, 0) is 20.3 Å². The molecule has 4 N–H and O–H groups in total. The summed E-state index contributed by atoms with van der Waals surface area (Å²) in [5.41, 5.74) is 3.19. The highest BCUT2D eigenvalue weighted by Crippen LogP contribution is 2.55. The molecule has 1 atom stereocenters. The van der Waals surface area contributed by atoms with Gasteiger partial charge >= 0.3 is 5.69 Å². The van der Waals surface area contributed by atoms with Crippen molar-refractivity contribution in [2.75, 3.05) is 49.6 Å². The van der Waals surface area contributed by atoms with Crippen LogP contribution in [0, 0.1) is 21.4 Å². The number of pyridine rings is 2. The minimum absolute atomic E-state index is 0.0455. The molecule has 2 aliphatic heterocycles. The number of nitrogens with zero attached hydrogens (tertiary/aromatic N) is 5. The van der Waals surface area contributed by atoms with Gasteiger partial charge in [0, 0.05) is 61.6 Å². The third-order valence-corrected chi connectivity index (χ3v) is 16.4. The van der Waals surface area contributed by atoms with Gasteiger partial charge in [-0.15, -0.1) is 0 Å². The van der Waals surface area contributed by atoms with E-state index in [-0.39, 0.29) is 34.0 Å². The van der Waals surface area contributed by atoms with Gasteiger partial charge in [-0.25, -0.2) is 23.1 Å². The van der Waals surface area contributed by atoms with E-state index in [4.69, 9.17) is 9.47 Å². The van der Waals surface area contributed by atoms with Crippen LogP contribution in [0.25, 0.3) is 11.0 Å². The number of hydrogen-bond donors (Lipinski definition) is 4.